The normalized spacial score (nSPS) is 12.0. The van der Waals surface area contributed by atoms with Gasteiger partial charge in [-0.1, -0.05) is 145 Å². The van der Waals surface area contributed by atoms with E-state index in [2.05, 4.69) is 91.9 Å². The minimum Gasteiger partial charge on any atom is -0.281 e. The molecule has 5 aromatic carbocycles. The topological polar surface area (TPSA) is 29.4 Å². The molecule has 2 nitrogen and oxygen atoms in total. The van der Waals surface area contributed by atoms with Gasteiger partial charge < -0.3 is 0 Å². The van der Waals surface area contributed by atoms with Crippen LogP contribution in [0.4, 0.5) is 5.69 Å². The summed E-state index contributed by atoms with van der Waals surface area (Å²) >= 11 is 1.35. The Balaban J connectivity index is 1.71. The summed E-state index contributed by atoms with van der Waals surface area (Å²) in [7, 11) is -2.47. The van der Waals surface area contributed by atoms with Gasteiger partial charge in [0.15, 0.2) is 0 Å². The van der Waals surface area contributed by atoms with E-state index in [0.717, 1.165) is 27.2 Å². The molecule has 0 radical (unpaired) electrons. The molecule has 4 heteroatoms. The molecular weight excluding hydrogens is 489 g/mol. The van der Waals surface area contributed by atoms with Crippen LogP contribution in [0.15, 0.2) is 150 Å². The van der Waals surface area contributed by atoms with Gasteiger partial charge in [-0.3, -0.25) is 9.54 Å². The van der Waals surface area contributed by atoms with Gasteiger partial charge in [-0.2, -0.15) is 0 Å². The molecule has 0 heterocycles. The standard InChI is InChI=1S/C33H28NOPS/c1-26(27-16-6-2-7-17-27)37-33(35)31-24-14-15-25-32(31)34-36(28-18-8-3-9-19-28,29-20-10-4-11-21-29)30-22-12-5-13-23-30/h2-26H,1H3. The summed E-state index contributed by atoms with van der Waals surface area (Å²) in [6.45, 7) is 2.08. The second-order valence-electron chi connectivity index (χ2n) is 8.72. The van der Waals surface area contributed by atoms with E-state index >= 15 is 0 Å². The molecule has 5 rings (SSSR count). The average Bonchev–Trinajstić information content (AvgIpc) is 2.98. The number of carbonyl (C=O) groups is 1. The Morgan fingerprint density at radius 3 is 1.49 bits per heavy atom. The van der Waals surface area contributed by atoms with Crippen molar-refractivity contribution in [3.05, 3.63) is 157 Å². The molecular formula is C33H28NOPS. The van der Waals surface area contributed by atoms with Crippen molar-refractivity contribution in [3.63, 3.8) is 0 Å². The van der Waals surface area contributed by atoms with Crippen LogP contribution in [0.25, 0.3) is 0 Å². The lowest BCUT2D eigenvalue weighted by Crippen LogP contribution is -2.25. The van der Waals surface area contributed by atoms with Gasteiger partial charge in [0.05, 0.1) is 18.3 Å². The van der Waals surface area contributed by atoms with Crippen LogP contribution in [-0.2, 0) is 0 Å². The first-order chi connectivity index (χ1) is 18.2. The van der Waals surface area contributed by atoms with Crippen LogP contribution in [0.3, 0.4) is 0 Å². The lowest BCUT2D eigenvalue weighted by Gasteiger charge is -2.27. The summed E-state index contributed by atoms with van der Waals surface area (Å²) in [4.78, 5) is 13.7. The molecule has 0 aliphatic heterocycles. The predicted octanol–water partition coefficient (Wildman–Crippen LogP) is 8.13. The predicted molar refractivity (Wildman–Crippen MR) is 160 cm³/mol. The van der Waals surface area contributed by atoms with Gasteiger partial charge in [0.2, 0.25) is 5.12 Å². The third kappa shape index (κ3) is 5.39. The number of thioether (sulfide) groups is 1. The largest absolute Gasteiger partial charge is 0.281 e. The summed E-state index contributed by atoms with van der Waals surface area (Å²) < 4.78 is 5.58. The Morgan fingerprint density at radius 1 is 0.595 bits per heavy atom. The van der Waals surface area contributed by atoms with Gasteiger partial charge in [0, 0.05) is 21.2 Å². The molecule has 0 bridgehead atoms. The number of hydrogen-bond donors (Lipinski definition) is 0. The molecule has 0 aliphatic carbocycles. The monoisotopic (exact) mass is 517 g/mol. The quantitative estimate of drug-likeness (QED) is 0.204. The highest BCUT2D eigenvalue weighted by Crippen LogP contribution is 2.50. The summed E-state index contributed by atoms with van der Waals surface area (Å²) in [5.74, 6) is 0. The van der Waals surface area contributed by atoms with E-state index in [1.165, 1.54) is 11.8 Å². The summed E-state index contributed by atoms with van der Waals surface area (Å²) in [6, 6.07) is 49.4. The van der Waals surface area contributed by atoms with E-state index < -0.39 is 7.05 Å². The van der Waals surface area contributed by atoms with Crippen LogP contribution < -0.4 is 15.9 Å². The molecule has 0 spiro atoms. The third-order valence-electron chi connectivity index (χ3n) is 6.32. The molecule has 37 heavy (non-hydrogen) atoms. The summed E-state index contributed by atoms with van der Waals surface area (Å²) in [5, 5.41) is 3.53. The second kappa shape index (κ2) is 11.6. The molecule has 0 saturated heterocycles. The molecule has 0 saturated carbocycles. The highest BCUT2D eigenvalue weighted by atomic mass is 32.2. The number of benzene rings is 5. The minimum atomic E-state index is -2.47. The maximum atomic E-state index is 13.7. The van der Waals surface area contributed by atoms with Crippen LogP contribution in [0.2, 0.25) is 0 Å². The fourth-order valence-corrected chi connectivity index (χ4v) is 8.93. The van der Waals surface area contributed by atoms with Crippen molar-refractivity contribution >= 4 is 45.5 Å². The summed E-state index contributed by atoms with van der Waals surface area (Å²) in [5.41, 5.74) is 2.50. The number of nitrogens with zero attached hydrogens (tertiary/aromatic N) is 1. The highest BCUT2D eigenvalue weighted by molar-refractivity contribution is 8.14. The van der Waals surface area contributed by atoms with Gasteiger partial charge in [0.25, 0.3) is 0 Å². The number of rotatable bonds is 7. The summed E-state index contributed by atoms with van der Waals surface area (Å²) in [6.07, 6.45) is 0. The Morgan fingerprint density at radius 2 is 1.00 bits per heavy atom. The lowest BCUT2D eigenvalue weighted by molar-refractivity contribution is 0.108. The minimum absolute atomic E-state index is 0.0305. The zero-order valence-corrected chi connectivity index (χ0v) is 22.4. The maximum absolute atomic E-state index is 13.7. The molecule has 1 unspecified atom stereocenters. The Labute approximate surface area is 223 Å². The fraction of sp³-hybridized carbons (Fsp3) is 0.0606. The van der Waals surface area contributed by atoms with Crippen molar-refractivity contribution in [1.29, 1.82) is 0 Å². The maximum Gasteiger partial charge on any atom is 0.222 e. The van der Waals surface area contributed by atoms with Crippen LogP contribution in [0.5, 0.6) is 0 Å². The molecule has 0 N–H and O–H groups in total. The van der Waals surface area contributed by atoms with Crippen LogP contribution in [0, 0.1) is 0 Å². The van der Waals surface area contributed by atoms with E-state index in [4.69, 9.17) is 4.74 Å². The van der Waals surface area contributed by atoms with Crippen molar-refractivity contribution in [2.24, 2.45) is 4.74 Å². The van der Waals surface area contributed by atoms with Gasteiger partial charge >= 0.3 is 0 Å². The smallest absolute Gasteiger partial charge is 0.222 e. The average molecular weight is 518 g/mol. The van der Waals surface area contributed by atoms with E-state index in [1.54, 1.807) is 0 Å². The van der Waals surface area contributed by atoms with E-state index in [1.807, 2.05) is 60.7 Å². The Kier molecular flexibility index (Phi) is 7.84. The van der Waals surface area contributed by atoms with Crippen molar-refractivity contribution in [1.82, 2.24) is 0 Å². The molecule has 0 fully saturated rings. The first-order valence-electron chi connectivity index (χ1n) is 12.3. The fourth-order valence-electron chi connectivity index (χ4n) is 4.46. The van der Waals surface area contributed by atoms with Gasteiger partial charge in [-0.15, -0.1) is 0 Å². The van der Waals surface area contributed by atoms with Crippen LogP contribution in [0.1, 0.15) is 28.1 Å². The van der Waals surface area contributed by atoms with Gasteiger partial charge in [-0.25, -0.2) is 0 Å². The first kappa shape index (κ1) is 25.0. The van der Waals surface area contributed by atoms with Crippen LogP contribution >= 0.6 is 18.8 Å². The van der Waals surface area contributed by atoms with Crippen molar-refractivity contribution < 1.29 is 4.79 Å². The van der Waals surface area contributed by atoms with Crippen LogP contribution in [-0.4, -0.2) is 5.12 Å². The molecule has 0 aromatic heterocycles. The number of carbonyl (C=O) groups excluding carboxylic acids is 1. The van der Waals surface area contributed by atoms with E-state index in [0.29, 0.717) is 5.56 Å². The van der Waals surface area contributed by atoms with E-state index in [-0.39, 0.29) is 10.4 Å². The van der Waals surface area contributed by atoms with E-state index in [9.17, 15) is 4.79 Å². The molecule has 182 valence electrons. The van der Waals surface area contributed by atoms with Crippen molar-refractivity contribution in [2.45, 2.75) is 12.2 Å². The molecule has 5 aromatic rings. The number of hydrogen-bond acceptors (Lipinski definition) is 3. The molecule has 1 atom stereocenters. The molecule has 0 amide bonds. The highest BCUT2D eigenvalue weighted by Gasteiger charge is 2.28. The Hall–Kier alpha value is -3.65. The van der Waals surface area contributed by atoms with Crippen molar-refractivity contribution in [3.8, 4) is 0 Å². The second-order valence-corrected chi connectivity index (χ2v) is 13.1. The lowest BCUT2D eigenvalue weighted by atomic mass is 10.2. The van der Waals surface area contributed by atoms with Crippen molar-refractivity contribution in [2.75, 3.05) is 0 Å². The van der Waals surface area contributed by atoms with Gasteiger partial charge in [-0.05, 0) is 24.6 Å². The third-order valence-corrected chi connectivity index (χ3v) is 11.0. The molecule has 0 aliphatic rings. The zero-order chi connectivity index (χ0) is 25.5. The Bertz CT molecular complexity index is 1420. The first-order valence-corrected chi connectivity index (χ1v) is 14.9. The van der Waals surface area contributed by atoms with Gasteiger partial charge in [0.1, 0.15) is 0 Å². The SMILES string of the molecule is CC(SC(=O)c1ccccc1N=P(c1ccccc1)(c1ccccc1)c1ccccc1)c1ccccc1. The zero-order valence-electron chi connectivity index (χ0n) is 20.6.